The fourth-order valence-corrected chi connectivity index (χ4v) is 3.49. The summed E-state index contributed by atoms with van der Waals surface area (Å²) in [5.74, 6) is 0.205. The van der Waals surface area contributed by atoms with Gasteiger partial charge >= 0.3 is 0 Å². The first-order chi connectivity index (χ1) is 9.15. The summed E-state index contributed by atoms with van der Waals surface area (Å²) in [6.45, 7) is -0.0978. The molecule has 0 aliphatic heterocycles. The van der Waals surface area contributed by atoms with Crippen molar-refractivity contribution in [2.75, 3.05) is 31.7 Å². The number of nitrogens with zero attached hydrogens (tertiary/aromatic N) is 1. The van der Waals surface area contributed by atoms with Crippen LogP contribution >= 0.6 is 15.9 Å². The van der Waals surface area contributed by atoms with Gasteiger partial charge in [0, 0.05) is 30.8 Å². The summed E-state index contributed by atoms with van der Waals surface area (Å²) in [5.41, 5.74) is 0. The molecule has 0 bridgehead atoms. The third kappa shape index (κ3) is 5.32. The highest BCUT2D eigenvalue weighted by Gasteiger charge is 2.19. The number of hydrogen-bond donors (Lipinski definition) is 3. The van der Waals surface area contributed by atoms with Gasteiger partial charge in [-0.15, -0.1) is 0 Å². The van der Waals surface area contributed by atoms with Gasteiger partial charge in [-0.05, 0) is 22.0 Å². The van der Waals surface area contributed by atoms with E-state index in [-0.39, 0.29) is 23.8 Å². The van der Waals surface area contributed by atoms with Crippen molar-refractivity contribution in [2.45, 2.75) is 4.90 Å². The average Bonchev–Trinajstić information content (AvgIpc) is 2.33. The average molecular weight is 387 g/mol. The van der Waals surface area contributed by atoms with Crippen LogP contribution in [-0.4, -0.2) is 48.2 Å². The fourth-order valence-electron chi connectivity index (χ4n) is 1.31. The first-order valence-corrected chi connectivity index (χ1v) is 9.60. The number of anilines is 1. The van der Waals surface area contributed by atoms with E-state index in [0.29, 0.717) is 4.47 Å². The topological polar surface area (TPSA) is 117 Å². The Morgan fingerprint density at radius 3 is 2.35 bits per heavy atom. The van der Waals surface area contributed by atoms with Crippen LogP contribution in [0.1, 0.15) is 0 Å². The maximum absolute atomic E-state index is 12.1. The van der Waals surface area contributed by atoms with Crippen LogP contribution in [0, 0.1) is 0 Å². The Labute approximate surface area is 126 Å². The molecule has 0 atom stereocenters. The van der Waals surface area contributed by atoms with Crippen LogP contribution in [0.4, 0.5) is 5.82 Å². The molecule has 0 aromatic carbocycles. The van der Waals surface area contributed by atoms with Gasteiger partial charge in [0.1, 0.15) is 10.7 Å². The largest absolute Gasteiger partial charge is 0.372 e. The zero-order valence-corrected chi connectivity index (χ0v) is 14.1. The molecule has 0 fully saturated rings. The lowest BCUT2D eigenvalue weighted by Gasteiger charge is -2.11. The number of nitrogens with one attached hydrogen (secondary N) is 3. The number of aromatic nitrogens is 1. The van der Waals surface area contributed by atoms with Gasteiger partial charge in [0.05, 0.1) is 6.26 Å². The van der Waals surface area contributed by atoms with E-state index in [1.165, 1.54) is 12.3 Å². The molecule has 1 heterocycles. The molecule has 0 spiro atoms. The second kappa shape index (κ2) is 6.80. The lowest BCUT2D eigenvalue weighted by atomic mass is 10.4. The van der Waals surface area contributed by atoms with Gasteiger partial charge in [-0.25, -0.2) is 31.3 Å². The number of halogens is 1. The molecule has 3 N–H and O–H groups in total. The van der Waals surface area contributed by atoms with Crippen molar-refractivity contribution in [1.82, 2.24) is 14.4 Å². The molecule has 0 aliphatic carbocycles. The van der Waals surface area contributed by atoms with E-state index in [9.17, 15) is 16.8 Å². The second-order valence-corrected chi connectivity index (χ2v) is 8.30. The van der Waals surface area contributed by atoms with Crippen LogP contribution in [0.2, 0.25) is 0 Å². The van der Waals surface area contributed by atoms with Crippen molar-refractivity contribution in [3.05, 3.63) is 16.7 Å². The van der Waals surface area contributed by atoms with Gasteiger partial charge in [0.25, 0.3) is 0 Å². The highest BCUT2D eigenvalue weighted by Crippen LogP contribution is 2.22. The van der Waals surface area contributed by atoms with Crippen LogP contribution in [0.5, 0.6) is 0 Å². The lowest BCUT2D eigenvalue weighted by Crippen LogP contribution is -2.34. The standard InChI is InChI=1S/C9H15BrN4O4S2/c1-11-9-8(5-7(10)6-12-9)20(17,18)14-4-3-13-19(2,15)16/h5-6,13-14H,3-4H2,1-2H3,(H,11,12). The maximum atomic E-state index is 12.1. The maximum Gasteiger partial charge on any atom is 0.244 e. The van der Waals surface area contributed by atoms with E-state index in [0.717, 1.165) is 6.26 Å². The summed E-state index contributed by atoms with van der Waals surface area (Å²) in [6, 6.07) is 1.41. The summed E-state index contributed by atoms with van der Waals surface area (Å²) >= 11 is 3.15. The van der Waals surface area contributed by atoms with Gasteiger partial charge in [0.2, 0.25) is 20.0 Å². The predicted octanol–water partition coefficient (Wildman–Crippen LogP) is -0.287. The molecule has 0 aliphatic rings. The summed E-state index contributed by atoms with van der Waals surface area (Å²) in [6.07, 6.45) is 2.47. The third-order valence-corrected chi connectivity index (χ3v) is 4.76. The minimum Gasteiger partial charge on any atom is -0.372 e. The van der Waals surface area contributed by atoms with E-state index in [1.807, 2.05) is 0 Å². The molecule has 0 amide bonds. The second-order valence-electron chi connectivity index (χ2n) is 3.81. The SMILES string of the molecule is CNc1ncc(Br)cc1S(=O)(=O)NCCNS(C)(=O)=O. The minimum absolute atomic E-state index is 0.0197. The Kier molecular flexibility index (Phi) is 5.89. The Balaban J connectivity index is 2.81. The van der Waals surface area contributed by atoms with Gasteiger partial charge < -0.3 is 5.32 Å². The quantitative estimate of drug-likeness (QED) is 0.554. The number of hydrogen-bond acceptors (Lipinski definition) is 6. The monoisotopic (exact) mass is 386 g/mol. The van der Waals surface area contributed by atoms with Crippen LogP contribution in [0.25, 0.3) is 0 Å². The van der Waals surface area contributed by atoms with Crippen molar-refractivity contribution < 1.29 is 16.8 Å². The molecular weight excluding hydrogens is 372 g/mol. The molecular formula is C9H15BrN4O4S2. The van der Waals surface area contributed by atoms with Crippen LogP contribution < -0.4 is 14.8 Å². The van der Waals surface area contributed by atoms with Gasteiger partial charge in [0.15, 0.2) is 0 Å². The molecule has 1 aromatic heterocycles. The van der Waals surface area contributed by atoms with Crippen molar-refractivity contribution in [3.63, 3.8) is 0 Å². The Morgan fingerprint density at radius 2 is 1.80 bits per heavy atom. The summed E-state index contributed by atoms with van der Waals surface area (Å²) in [7, 11) is -5.57. The fraction of sp³-hybridized carbons (Fsp3) is 0.444. The van der Waals surface area contributed by atoms with Crippen LogP contribution in [-0.2, 0) is 20.0 Å². The summed E-state index contributed by atoms with van der Waals surface area (Å²) in [4.78, 5) is 3.92. The van der Waals surface area contributed by atoms with Crippen molar-refractivity contribution in [1.29, 1.82) is 0 Å². The molecule has 1 aromatic rings. The van der Waals surface area contributed by atoms with Crippen molar-refractivity contribution in [3.8, 4) is 0 Å². The van der Waals surface area contributed by atoms with Crippen molar-refractivity contribution in [2.24, 2.45) is 0 Å². The van der Waals surface area contributed by atoms with E-state index in [2.05, 4.69) is 35.7 Å². The van der Waals surface area contributed by atoms with E-state index in [1.54, 1.807) is 7.05 Å². The Hall–Kier alpha value is -0.750. The molecule has 114 valence electrons. The molecule has 0 saturated heterocycles. The minimum atomic E-state index is -3.78. The van der Waals surface area contributed by atoms with Gasteiger partial charge in [-0.2, -0.15) is 0 Å². The number of pyridine rings is 1. The molecule has 0 unspecified atom stereocenters. The van der Waals surface area contributed by atoms with E-state index >= 15 is 0 Å². The Bertz CT molecular complexity index is 675. The number of sulfonamides is 2. The van der Waals surface area contributed by atoms with Gasteiger partial charge in [-0.1, -0.05) is 0 Å². The van der Waals surface area contributed by atoms with E-state index < -0.39 is 20.0 Å². The van der Waals surface area contributed by atoms with Crippen LogP contribution in [0.3, 0.4) is 0 Å². The molecule has 0 saturated carbocycles. The first-order valence-electron chi connectivity index (χ1n) is 5.43. The highest BCUT2D eigenvalue weighted by molar-refractivity contribution is 9.10. The molecule has 20 heavy (non-hydrogen) atoms. The van der Waals surface area contributed by atoms with Gasteiger partial charge in [-0.3, -0.25) is 0 Å². The predicted molar refractivity (Wildman–Crippen MR) is 79.5 cm³/mol. The molecule has 11 heteroatoms. The molecule has 1 rings (SSSR count). The zero-order chi connectivity index (χ0) is 15.4. The Morgan fingerprint density at radius 1 is 1.20 bits per heavy atom. The van der Waals surface area contributed by atoms with Crippen molar-refractivity contribution >= 4 is 41.8 Å². The number of rotatable bonds is 7. The first kappa shape index (κ1) is 17.3. The van der Waals surface area contributed by atoms with E-state index in [4.69, 9.17) is 0 Å². The smallest absolute Gasteiger partial charge is 0.244 e. The van der Waals surface area contributed by atoms with Crippen LogP contribution in [0.15, 0.2) is 21.6 Å². The zero-order valence-electron chi connectivity index (χ0n) is 10.8. The normalized spacial score (nSPS) is 12.3. The summed E-state index contributed by atoms with van der Waals surface area (Å²) < 4.78 is 50.9. The summed E-state index contributed by atoms with van der Waals surface area (Å²) in [5, 5.41) is 2.68. The molecule has 0 radical (unpaired) electrons. The molecule has 8 nitrogen and oxygen atoms in total. The lowest BCUT2D eigenvalue weighted by molar-refractivity contribution is 0.573. The third-order valence-electron chi connectivity index (χ3n) is 2.13. The highest BCUT2D eigenvalue weighted by atomic mass is 79.9.